The number of nitrogens with one attached hydrogen (secondary N) is 1. The van der Waals surface area contributed by atoms with Gasteiger partial charge in [-0.05, 0) is 66.4 Å². The third-order valence-electron chi connectivity index (χ3n) is 4.05. The second-order valence-electron chi connectivity index (χ2n) is 5.54. The van der Waals surface area contributed by atoms with Crippen LogP contribution in [-0.4, -0.2) is 25.3 Å². The SMILES string of the molecule is CCCNC(Cc1ccc(F)c(Br)c1)C1CCOC1C. The van der Waals surface area contributed by atoms with Crippen molar-refractivity contribution in [1.29, 1.82) is 0 Å². The topological polar surface area (TPSA) is 21.3 Å². The number of ether oxygens (including phenoxy) is 1. The fourth-order valence-electron chi connectivity index (χ4n) is 2.90. The maximum absolute atomic E-state index is 13.3. The van der Waals surface area contributed by atoms with Gasteiger partial charge in [-0.25, -0.2) is 4.39 Å². The smallest absolute Gasteiger partial charge is 0.137 e. The molecule has 0 aromatic heterocycles. The van der Waals surface area contributed by atoms with E-state index in [0.717, 1.165) is 38.0 Å². The first-order valence-corrected chi connectivity index (χ1v) is 8.20. The van der Waals surface area contributed by atoms with Gasteiger partial charge in [-0.1, -0.05) is 13.0 Å². The Morgan fingerprint density at radius 3 is 2.90 bits per heavy atom. The summed E-state index contributed by atoms with van der Waals surface area (Å²) >= 11 is 3.26. The lowest BCUT2D eigenvalue weighted by Gasteiger charge is -2.27. The van der Waals surface area contributed by atoms with E-state index in [0.29, 0.717) is 22.5 Å². The van der Waals surface area contributed by atoms with Crippen LogP contribution in [-0.2, 0) is 11.2 Å². The van der Waals surface area contributed by atoms with Crippen molar-refractivity contribution >= 4 is 15.9 Å². The van der Waals surface area contributed by atoms with E-state index in [1.165, 1.54) is 6.07 Å². The van der Waals surface area contributed by atoms with Crippen LogP contribution in [0.25, 0.3) is 0 Å². The van der Waals surface area contributed by atoms with Crippen molar-refractivity contribution in [2.75, 3.05) is 13.2 Å². The Kier molecular flexibility index (Phi) is 6.00. The number of hydrogen-bond donors (Lipinski definition) is 1. The lowest BCUT2D eigenvalue weighted by atomic mass is 9.88. The summed E-state index contributed by atoms with van der Waals surface area (Å²) in [4.78, 5) is 0. The minimum absolute atomic E-state index is 0.204. The van der Waals surface area contributed by atoms with Crippen LogP contribution < -0.4 is 5.32 Å². The summed E-state index contributed by atoms with van der Waals surface area (Å²) in [6, 6.07) is 5.69. The Morgan fingerprint density at radius 2 is 2.30 bits per heavy atom. The van der Waals surface area contributed by atoms with Crippen LogP contribution in [0.15, 0.2) is 22.7 Å². The molecule has 3 atom stereocenters. The highest BCUT2D eigenvalue weighted by atomic mass is 79.9. The summed E-state index contributed by atoms with van der Waals surface area (Å²) < 4.78 is 19.6. The van der Waals surface area contributed by atoms with Gasteiger partial charge in [0, 0.05) is 18.6 Å². The molecule has 0 radical (unpaired) electrons. The summed E-state index contributed by atoms with van der Waals surface area (Å²) in [6.07, 6.45) is 3.43. The van der Waals surface area contributed by atoms with Gasteiger partial charge in [-0.2, -0.15) is 0 Å². The molecule has 20 heavy (non-hydrogen) atoms. The predicted octanol–water partition coefficient (Wildman–Crippen LogP) is 3.92. The summed E-state index contributed by atoms with van der Waals surface area (Å²) in [5.74, 6) is 0.328. The zero-order chi connectivity index (χ0) is 14.5. The molecule has 2 nitrogen and oxygen atoms in total. The summed E-state index contributed by atoms with van der Waals surface area (Å²) in [6.45, 7) is 6.19. The molecule has 0 saturated carbocycles. The first-order valence-electron chi connectivity index (χ1n) is 7.40. The third-order valence-corrected chi connectivity index (χ3v) is 4.66. The van der Waals surface area contributed by atoms with E-state index in [9.17, 15) is 4.39 Å². The molecule has 1 aliphatic heterocycles. The van der Waals surface area contributed by atoms with E-state index in [4.69, 9.17) is 4.74 Å². The highest BCUT2D eigenvalue weighted by Crippen LogP contribution is 2.27. The van der Waals surface area contributed by atoms with Crippen molar-refractivity contribution in [2.24, 2.45) is 5.92 Å². The van der Waals surface area contributed by atoms with Crippen LogP contribution in [0.2, 0.25) is 0 Å². The lowest BCUT2D eigenvalue weighted by Crippen LogP contribution is -2.41. The largest absolute Gasteiger partial charge is 0.378 e. The number of benzene rings is 1. The molecule has 0 aliphatic carbocycles. The van der Waals surface area contributed by atoms with Gasteiger partial charge >= 0.3 is 0 Å². The quantitative estimate of drug-likeness (QED) is 0.845. The molecule has 0 bridgehead atoms. The van der Waals surface area contributed by atoms with Gasteiger partial charge in [0.1, 0.15) is 5.82 Å². The molecule has 4 heteroatoms. The van der Waals surface area contributed by atoms with Gasteiger partial charge in [0.05, 0.1) is 10.6 Å². The molecule has 1 aliphatic rings. The molecule has 1 heterocycles. The van der Waals surface area contributed by atoms with Crippen LogP contribution in [0.4, 0.5) is 4.39 Å². The van der Waals surface area contributed by atoms with E-state index in [2.05, 4.69) is 35.1 Å². The van der Waals surface area contributed by atoms with Gasteiger partial charge in [0.15, 0.2) is 0 Å². The molecular formula is C16H23BrFNO. The Morgan fingerprint density at radius 1 is 1.50 bits per heavy atom. The van der Waals surface area contributed by atoms with Crippen molar-refractivity contribution in [3.05, 3.63) is 34.1 Å². The Bertz CT molecular complexity index is 440. The van der Waals surface area contributed by atoms with Gasteiger partial charge in [0.2, 0.25) is 0 Å². The Labute approximate surface area is 129 Å². The molecule has 2 rings (SSSR count). The van der Waals surface area contributed by atoms with E-state index in [1.54, 1.807) is 0 Å². The highest BCUT2D eigenvalue weighted by molar-refractivity contribution is 9.10. The zero-order valence-electron chi connectivity index (χ0n) is 12.2. The summed E-state index contributed by atoms with van der Waals surface area (Å²) in [5.41, 5.74) is 1.16. The standard InChI is InChI=1S/C16H23BrFNO/c1-3-7-19-16(13-6-8-20-11(13)2)10-12-4-5-15(18)14(17)9-12/h4-5,9,11,13,16,19H,3,6-8,10H2,1-2H3. The van der Waals surface area contributed by atoms with Gasteiger partial charge in [-0.15, -0.1) is 0 Å². The highest BCUT2D eigenvalue weighted by Gasteiger charge is 2.31. The Balaban J connectivity index is 2.08. The number of halogens is 2. The molecule has 0 spiro atoms. The molecule has 0 amide bonds. The van der Waals surface area contributed by atoms with Crippen molar-refractivity contribution in [1.82, 2.24) is 5.32 Å². The maximum atomic E-state index is 13.3. The van der Waals surface area contributed by atoms with Crippen molar-refractivity contribution in [3.8, 4) is 0 Å². The molecular weight excluding hydrogens is 321 g/mol. The van der Waals surface area contributed by atoms with Crippen LogP contribution >= 0.6 is 15.9 Å². The van der Waals surface area contributed by atoms with Crippen molar-refractivity contribution in [3.63, 3.8) is 0 Å². The number of hydrogen-bond acceptors (Lipinski definition) is 2. The minimum atomic E-state index is -0.204. The van der Waals surface area contributed by atoms with Gasteiger partial charge < -0.3 is 10.1 Å². The van der Waals surface area contributed by atoms with E-state index in [-0.39, 0.29) is 5.82 Å². The van der Waals surface area contributed by atoms with Crippen molar-refractivity contribution in [2.45, 2.75) is 45.3 Å². The van der Waals surface area contributed by atoms with Crippen molar-refractivity contribution < 1.29 is 9.13 Å². The molecule has 112 valence electrons. The van der Waals surface area contributed by atoms with E-state index < -0.39 is 0 Å². The molecule has 1 N–H and O–H groups in total. The summed E-state index contributed by atoms with van der Waals surface area (Å²) in [7, 11) is 0. The van der Waals surface area contributed by atoms with Crippen LogP contribution in [0.5, 0.6) is 0 Å². The second kappa shape index (κ2) is 7.53. The van der Waals surface area contributed by atoms with E-state index in [1.807, 2.05) is 12.1 Å². The van der Waals surface area contributed by atoms with Crippen LogP contribution in [0.3, 0.4) is 0 Å². The average Bonchev–Trinajstić information content (AvgIpc) is 2.85. The lowest BCUT2D eigenvalue weighted by molar-refractivity contribution is 0.0954. The normalized spacial score (nSPS) is 24.0. The third kappa shape index (κ3) is 4.03. The molecule has 1 saturated heterocycles. The van der Waals surface area contributed by atoms with E-state index >= 15 is 0 Å². The Hall–Kier alpha value is -0.450. The fourth-order valence-corrected chi connectivity index (χ4v) is 3.33. The average molecular weight is 344 g/mol. The molecule has 1 aromatic rings. The maximum Gasteiger partial charge on any atom is 0.137 e. The van der Waals surface area contributed by atoms with Crippen LogP contribution in [0.1, 0.15) is 32.3 Å². The first kappa shape index (κ1) is 15.9. The van der Waals surface area contributed by atoms with Crippen LogP contribution in [0, 0.1) is 11.7 Å². The predicted molar refractivity (Wildman–Crippen MR) is 83.4 cm³/mol. The minimum Gasteiger partial charge on any atom is -0.378 e. The fraction of sp³-hybridized carbons (Fsp3) is 0.625. The number of rotatable bonds is 6. The monoisotopic (exact) mass is 343 g/mol. The second-order valence-corrected chi connectivity index (χ2v) is 6.40. The zero-order valence-corrected chi connectivity index (χ0v) is 13.7. The molecule has 3 unspecified atom stereocenters. The summed E-state index contributed by atoms with van der Waals surface area (Å²) in [5, 5.41) is 3.64. The van der Waals surface area contributed by atoms with Gasteiger partial charge in [0.25, 0.3) is 0 Å². The first-order chi connectivity index (χ1) is 9.61. The van der Waals surface area contributed by atoms with Gasteiger partial charge in [-0.3, -0.25) is 0 Å². The molecule has 1 fully saturated rings. The molecule has 1 aromatic carbocycles.